The Morgan fingerprint density at radius 2 is 2.50 bits per heavy atom. The van der Waals surface area contributed by atoms with Crippen molar-refractivity contribution in [1.82, 2.24) is 21.0 Å². The summed E-state index contributed by atoms with van der Waals surface area (Å²) < 4.78 is 0. The fourth-order valence-electron chi connectivity index (χ4n) is 1.55. The van der Waals surface area contributed by atoms with Crippen LogP contribution in [-0.2, 0) is 17.8 Å². The van der Waals surface area contributed by atoms with Gasteiger partial charge in [-0.2, -0.15) is 5.10 Å². The smallest absolute Gasteiger partial charge is 0.295 e. The number of fused-ring (bicyclic) bond motifs is 1. The molecule has 1 aliphatic heterocycles. The topological polar surface area (TPSA) is 79.0 Å². The molecule has 1 amide bonds. The summed E-state index contributed by atoms with van der Waals surface area (Å²) in [6, 6.07) is 0. The van der Waals surface area contributed by atoms with Gasteiger partial charge in [0.1, 0.15) is 0 Å². The fourth-order valence-corrected chi connectivity index (χ4v) is 1.55. The molecule has 0 saturated heterocycles. The van der Waals surface area contributed by atoms with Gasteiger partial charge in [-0.25, -0.2) is 5.48 Å². The molecule has 0 fully saturated rings. The number of H-pyrrole nitrogens is 1. The molecule has 1 aromatic rings. The van der Waals surface area contributed by atoms with E-state index < -0.39 is 0 Å². The van der Waals surface area contributed by atoms with Gasteiger partial charge in [0, 0.05) is 30.8 Å². The van der Waals surface area contributed by atoms with Crippen LogP contribution in [0, 0.1) is 0 Å². The lowest BCUT2D eigenvalue weighted by Gasteiger charge is -2.12. The van der Waals surface area contributed by atoms with E-state index in [4.69, 9.17) is 0 Å². The molecular formula is C8H12N4O2. The van der Waals surface area contributed by atoms with Crippen LogP contribution in [0.2, 0.25) is 0 Å². The van der Waals surface area contributed by atoms with Gasteiger partial charge in [-0.3, -0.25) is 14.7 Å². The van der Waals surface area contributed by atoms with Crippen LogP contribution in [0.5, 0.6) is 0 Å². The minimum absolute atomic E-state index is 0.311. The number of rotatable bonds is 2. The SMILES string of the molecule is CONC(=O)c1n[nH]c2c1CNCC2. The second-order valence-electron chi connectivity index (χ2n) is 3.09. The van der Waals surface area contributed by atoms with Gasteiger partial charge >= 0.3 is 0 Å². The lowest BCUT2D eigenvalue weighted by Crippen LogP contribution is -2.27. The van der Waals surface area contributed by atoms with Crippen molar-refractivity contribution in [2.45, 2.75) is 13.0 Å². The molecule has 1 aromatic heterocycles. The third-order valence-electron chi connectivity index (χ3n) is 2.22. The number of hydroxylamine groups is 1. The van der Waals surface area contributed by atoms with Crippen LogP contribution in [0.4, 0.5) is 0 Å². The summed E-state index contributed by atoms with van der Waals surface area (Å²) >= 11 is 0. The second-order valence-corrected chi connectivity index (χ2v) is 3.09. The molecule has 0 unspecified atom stereocenters. The normalized spacial score (nSPS) is 14.9. The lowest BCUT2D eigenvalue weighted by atomic mass is 10.1. The Morgan fingerprint density at radius 1 is 1.64 bits per heavy atom. The van der Waals surface area contributed by atoms with Crippen LogP contribution in [0.15, 0.2) is 0 Å². The largest absolute Gasteiger partial charge is 0.312 e. The van der Waals surface area contributed by atoms with Crippen molar-refractivity contribution in [3.63, 3.8) is 0 Å². The van der Waals surface area contributed by atoms with E-state index in [-0.39, 0.29) is 5.91 Å². The third-order valence-corrected chi connectivity index (χ3v) is 2.22. The van der Waals surface area contributed by atoms with Gasteiger partial charge in [-0.15, -0.1) is 0 Å². The minimum Gasteiger partial charge on any atom is -0.312 e. The van der Waals surface area contributed by atoms with Gasteiger partial charge in [0.2, 0.25) is 0 Å². The number of aromatic amines is 1. The van der Waals surface area contributed by atoms with E-state index in [1.54, 1.807) is 0 Å². The van der Waals surface area contributed by atoms with Gasteiger partial charge in [0.05, 0.1) is 7.11 Å². The molecule has 14 heavy (non-hydrogen) atoms. The number of carbonyl (C=O) groups excluding carboxylic acids is 1. The Bertz CT molecular complexity index is 347. The van der Waals surface area contributed by atoms with Gasteiger partial charge in [0.25, 0.3) is 5.91 Å². The van der Waals surface area contributed by atoms with Crippen LogP contribution in [0.25, 0.3) is 0 Å². The van der Waals surface area contributed by atoms with Crippen LogP contribution < -0.4 is 10.8 Å². The molecule has 1 aliphatic rings. The number of aromatic nitrogens is 2. The summed E-state index contributed by atoms with van der Waals surface area (Å²) in [4.78, 5) is 16.0. The van der Waals surface area contributed by atoms with E-state index in [9.17, 15) is 4.79 Å². The number of hydrogen-bond donors (Lipinski definition) is 3. The molecule has 0 bridgehead atoms. The van der Waals surface area contributed by atoms with E-state index in [1.807, 2.05) is 0 Å². The first-order valence-corrected chi connectivity index (χ1v) is 4.43. The van der Waals surface area contributed by atoms with Crippen molar-refractivity contribution in [2.75, 3.05) is 13.7 Å². The highest BCUT2D eigenvalue weighted by Crippen LogP contribution is 2.14. The molecule has 0 aromatic carbocycles. The Hall–Kier alpha value is -1.40. The van der Waals surface area contributed by atoms with E-state index in [2.05, 4.69) is 25.8 Å². The molecule has 76 valence electrons. The predicted octanol–water partition coefficient (Wildman–Crippen LogP) is -0.653. The predicted molar refractivity (Wildman–Crippen MR) is 48.5 cm³/mol. The summed E-state index contributed by atoms with van der Waals surface area (Å²) in [6.07, 6.45) is 0.878. The van der Waals surface area contributed by atoms with Crippen molar-refractivity contribution in [3.8, 4) is 0 Å². The lowest BCUT2D eigenvalue weighted by molar-refractivity contribution is 0.0531. The highest BCUT2D eigenvalue weighted by Gasteiger charge is 2.21. The molecular weight excluding hydrogens is 184 g/mol. The maximum Gasteiger partial charge on any atom is 0.295 e. The van der Waals surface area contributed by atoms with Crippen molar-refractivity contribution in [2.24, 2.45) is 0 Å². The molecule has 0 spiro atoms. The quantitative estimate of drug-likeness (QED) is 0.549. The maximum atomic E-state index is 11.4. The fraction of sp³-hybridized carbons (Fsp3) is 0.500. The van der Waals surface area contributed by atoms with E-state index in [0.29, 0.717) is 12.2 Å². The summed E-state index contributed by atoms with van der Waals surface area (Å²) in [7, 11) is 1.40. The zero-order valence-corrected chi connectivity index (χ0v) is 7.89. The number of nitrogens with one attached hydrogen (secondary N) is 3. The van der Waals surface area contributed by atoms with Crippen molar-refractivity contribution >= 4 is 5.91 Å². The van der Waals surface area contributed by atoms with Crippen LogP contribution in [0.3, 0.4) is 0 Å². The monoisotopic (exact) mass is 196 g/mol. The minimum atomic E-state index is -0.311. The van der Waals surface area contributed by atoms with Gasteiger partial charge in [-0.05, 0) is 0 Å². The van der Waals surface area contributed by atoms with Crippen molar-refractivity contribution in [1.29, 1.82) is 0 Å². The summed E-state index contributed by atoms with van der Waals surface area (Å²) in [5.41, 5.74) is 4.63. The van der Waals surface area contributed by atoms with Gasteiger partial charge in [-0.1, -0.05) is 0 Å². The third kappa shape index (κ3) is 1.49. The first kappa shape index (κ1) is 9.17. The molecule has 2 heterocycles. The van der Waals surface area contributed by atoms with E-state index >= 15 is 0 Å². The molecule has 2 rings (SSSR count). The summed E-state index contributed by atoms with van der Waals surface area (Å²) in [5, 5.41) is 10.0. The first-order valence-electron chi connectivity index (χ1n) is 4.43. The number of amides is 1. The molecule has 6 heteroatoms. The average molecular weight is 196 g/mol. The van der Waals surface area contributed by atoms with Crippen molar-refractivity contribution < 1.29 is 9.63 Å². The average Bonchev–Trinajstić information content (AvgIpc) is 2.61. The Kier molecular flexibility index (Phi) is 2.47. The Balaban J connectivity index is 2.25. The summed E-state index contributed by atoms with van der Waals surface area (Å²) in [5.74, 6) is -0.311. The van der Waals surface area contributed by atoms with Crippen molar-refractivity contribution in [3.05, 3.63) is 17.0 Å². The second kappa shape index (κ2) is 3.77. The molecule has 0 atom stereocenters. The Labute approximate surface area is 81.0 Å². The van der Waals surface area contributed by atoms with E-state index in [1.165, 1.54) is 7.11 Å². The van der Waals surface area contributed by atoms with Gasteiger partial charge in [0.15, 0.2) is 5.69 Å². The maximum absolute atomic E-state index is 11.4. The molecule has 3 N–H and O–H groups in total. The highest BCUT2D eigenvalue weighted by molar-refractivity contribution is 5.93. The zero-order valence-electron chi connectivity index (χ0n) is 7.89. The number of hydrogen-bond acceptors (Lipinski definition) is 4. The Morgan fingerprint density at radius 3 is 3.29 bits per heavy atom. The number of carbonyl (C=O) groups is 1. The molecule has 0 radical (unpaired) electrons. The van der Waals surface area contributed by atoms with Crippen LogP contribution in [0.1, 0.15) is 21.7 Å². The zero-order chi connectivity index (χ0) is 9.97. The first-order chi connectivity index (χ1) is 6.83. The molecule has 0 aliphatic carbocycles. The standard InChI is InChI=1S/C8H12N4O2/c1-14-12-8(13)7-5-4-9-3-2-6(5)10-11-7/h9H,2-4H2,1H3,(H,10,11)(H,12,13). The van der Waals surface area contributed by atoms with Gasteiger partial charge < -0.3 is 5.32 Å². The molecule has 6 nitrogen and oxygen atoms in total. The van der Waals surface area contributed by atoms with E-state index in [0.717, 1.165) is 24.2 Å². The summed E-state index contributed by atoms with van der Waals surface area (Å²) in [6.45, 7) is 1.60. The number of nitrogens with zero attached hydrogens (tertiary/aromatic N) is 1. The highest BCUT2D eigenvalue weighted by atomic mass is 16.6. The van der Waals surface area contributed by atoms with Crippen LogP contribution >= 0.6 is 0 Å². The van der Waals surface area contributed by atoms with Crippen LogP contribution in [-0.4, -0.2) is 29.8 Å². The molecule has 0 saturated carbocycles.